The zero-order valence-electron chi connectivity index (χ0n) is 17.6. The van der Waals surface area contributed by atoms with Crippen LogP contribution >= 0.6 is 23.2 Å². The van der Waals surface area contributed by atoms with E-state index in [1.165, 1.54) is 0 Å². The average molecular weight is 485 g/mol. The van der Waals surface area contributed by atoms with Crippen molar-refractivity contribution in [2.45, 2.75) is 32.7 Å². The Morgan fingerprint density at radius 3 is 2.45 bits per heavy atom. The molecule has 0 spiro atoms. The maximum atomic E-state index is 13.0. The summed E-state index contributed by atoms with van der Waals surface area (Å²) in [5, 5.41) is 5.55. The van der Waals surface area contributed by atoms with Crippen LogP contribution in [0.1, 0.15) is 23.4 Å². The van der Waals surface area contributed by atoms with Crippen LogP contribution in [0.3, 0.4) is 0 Å². The van der Waals surface area contributed by atoms with Gasteiger partial charge < -0.3 is 4.90 Å². The van der Waals surface area contributed by atoms with Crippen molar-refractivity contribution in [2.24, 2.45) is 0 Å². The number of benzene rings is 1. The third-order valence-corrected chi connectivity index (χ3v) is 8.80. The van der Waals surface area contributed by atoms with E-state index >= 15 is 0 Å². The predicted octanol–water partition coefficient (Wildman–Crippen LogP) is 2.67. The standard InChI is InChI=1S/C21H26Cl2N4O3S/c1-14-18(15(2)27(24-14)16-3-4-19(22)20(23)11-16)12-21(28)26-8-6-25(7-9-26)17-5-10-31(29,30)13-17/h3-4,11,17H,5-10,12-13H2,1-2H3. The number of amides is 1. The molecule has 0 N–H and O–H groups in total. The maximum Gasteiger partial charge on any atom is 0.227 e. The molecule has 0 saturated carbocycles. The zero-order valence-corrected chi connectivity index (χ0v) is 20.0. The second kappa shape index (κ2) is 8.73. The van der Waals surface area contributed by atoms with E-state index in [9.17, 15) is 13.2 Å². The summed E-state index contributed by atoms with van der Waals surface area (Å²) in [6.07, 6.45) is 0.985. The highest BCUT2D eigenvalue weighted by atomic mass is 35.5. The molecular formula is C21H26Cl2N4O3S. The van der Waals surface area contributed by atoms with Crippen molar-refractivity contribution >= 4 is 38.9 Å². The summed E-state index contributed by atoms with van der Waals surface area (Å²) in [6.45, 7) is 6.52. The lowest BCUT2D eigenvalue weighted by Crippen LogP contribution is -2.52. The molecular weight excluding hydrogens is 459 g/mol. The summed E-state index contributed by atoms with van der Waals surface area (Å²) >= 11 is 12.2. The second-order valence-corrected chi connectivity index (χ2v) is 11.4. The minimum atomic E-state index is -2.90. The number of aryl methyl sites for hydroxylation is 1. The lowest BCUT2D eigenvalue weighted by Gasteiger charge is -2.37. The Balaban J connectivity index is 1.41. The van der Waals surface area contributed by atoms with Gasteiger partial charge in [-0.15, -0.1) is 0 Å². The largest absolute Gasteiger partial charge is 0.340 e. The Labute approximate surface area is 192 Å². The molecule has 2 aliphatic heterocycles. The number of halogens is 2. The Bertz CT molecular complexity index is 1110. The van der Waals surface area contributed by atoms with Crippen molar-refractivity contribution in [1.82, 2.24) is 19.6 Å². The number of aromatic nitrogens is 2. The summed E-state index contributed by atoms with van der Waals surface area (Å²) in [7, 11) is -2.90. The van der Waals surface area contributed by atoms with Crippen LogP contribution in [0.25, 0.3) is 5.69 Å². The first-order valence-electron chi connectivity index (χ1n) is 10.4. The highest BCUT2D eigenvalue weighted by Gasteiger charge is 2.34. The van der Waals surface area contributed by atoms with Crippen molar-refractivity contribution in [3.63, 3.8) is 0 Å². The van der Waals surface area contributed by atoms with Gasteiger partial charge in [-0.25, -0.2) is 13.1 Å². The SMILES string of the molecule is Cc1nn(-c2ccc(Cl)c(Cl)c2)c(C)c1CC(=O)N1CCN(C2CCS(=O)(=O)C2)CC1. The molecule has 2 aliphatic rings. The molecule has 1 aromatic carbocycles. The third kappa shape index (κ3) is 4.77. The molecule has 0 bridgehead atoms. The topological polar surface area (TPSA) is 75.5 Å². The molecule has 1 atom stereocenters. The maximum absolute atomic E-state index is 13.0. The van der Waals surface area contributed by atoms with E-state index in [0.29, 0.717) is 42.6 Å². The van der Waals surface area contributed by atoms with Gasteiger partial charge in [-0.3, -0.25) is 9.69 Å². The first kappa shape index (κ1) is 22.6. The van der Waals surface area contributed by atoms with Gasteiger partial charge >= 0.3 is 0 Å². The summed E-state index contributed by atoms with van der Waals surface area (Å²) in [6, 6.07) is 5.44. The number of nitrogens with zero attached hydrogens (tertiary/aromatic N) is 4. The fourth-order valence-electron chi connectivity index (χ4n) is 4.46. The minimum Gasteiger partial charge on any atom is -0.340 e. The Morgan fingerprint density at radius 2 is 1.84 bits per heavy atom. The van der Waals surface area contributed by atoms with Crippen LogP contribution in [0.2, 0.25) is 10.0 Å². The summed E-state index contributed by atoms with van der Waals surface area (Å²) in [4.78, 5) is 17.1. The van der Waals surface area contributed by atoms with Crippen LogP contribution in [0, 0.1) is 13.8 Å². The highest BCUT2D eigenvalue weighted by molar-refractivity contribution is 7.91. The first-order valence-corrected chi connectivity index (χ1v) is 12.9. The minimum absolute atomic E-state index is 0.0681. The number of carbonyl (C=O) groups excluding carboxylic acids is 1. The van der Waals surface area contributed by atoms with Gasteiger partial charge in [0.25, 0.3) is 0 Å². The molecule has 10 heteroatoms. The second-order valence-electron chi connectivity index (χ2n) is 8.31. The Kier molecular flexibility index (Phi) is 6.36. The molecule has 4 rings (SSSR count). The quantitative estimate of drug-likeness (QED) is 0.666. The van der Waals surface area contributed by atoms with Crippen LogP contribution in [0.4, 0.5) is 0 Å². The van der Waals surface area contributed by atoms with Crippen molar-refractivity contribution in [1.29, 1.82) is 0 Å². The third-order valence-electron chi connectivity index (χ3n) is 6.31. The number of piperazine rings is 1. The summed E-state index contributed by atoms with van der Waals surface area (Å²) in [5.74, 6) is 0.587. The normalized spacial score (nSPS) is 21.5. The smallest absolute Gasteiger partial charge is 0.227 e. The molecule has 1 aromatic heterocycles. The zero-order chi connectivity index (χ0) is 22.3. The number of hydrogen-bond donors (Lipinski definition) is 0. The van der Waals surface area contributed by atoms with Gasteiger partial charge in [-0.05, 0) is 38.5 Å². The average Bonchev–Trinajstić information content (AvgIpc) is 3.24. The molecule has 0 radical (unpaired) electrons. The van der Waals surface area contributed by atoms with Crippen LogP contribution in [0.15, 0.2) is 18.2 Å². The van der Waals surface area contributed by atoms with Gasteiger partial charge in [0.2, 0.25) is 5.91 Å². The van der Waals surface area contributed by atoms with Crippen molar-refractivity contribution < 1.29 is 13.2 Å². The van der Waals surface area contributed by atoms with Gasteiger partial charge in [0.1, 0.15) is 0 Å². The lowest BCUT2D eigenvalue weighted by atomic mass is 10.1. The summed E-state index contributed by atoms with van der Waals surface area (Å²) < 4.78 is 25.3. The molecule has 2 fully saturated rings. The Morgan fingerprint density at radius 1 is 1.13 bits per heavy atom. The van der Waals surface area contributed by atoms with Crippen LogP contribution in [0.5, 0.6) is 0 Å². The predicted molar refractivity (Wildman–Crippen MR) is 122 cm³/mol. The molecule has 31 heavy (non-hydrogen) atoms. The van der Waals surface area contributed by atoms with E-state index in [0.717, 1.165) is 22.6 Å². The number of sulfone groups is 1. The van der Waals surface area contributed by atoms with Crippen LogP contribution < -0.4 is 0 Å². The van der Waals surface area contributed by atoms with Gasteiger partial charge in [0.05, 0.1) is 39.4 Å². The molecule has 7 nitrogen and oxygen atoms in total. The van der Waals surface area contributed by atoms with Gasteiger partial charge in [0, 0.05) is 43.5 Å². The van der Waals surface area contributed by atoms with Crippen molar-refractivity contribution in [3.8, 4) is 5.69 Å². The van der Waals surface area contributed by atoms with E-state index < -0.39 is 9.84 Å². The van der Waals surface area contributed by atoms with Gasteiger partial charge in [-0.1, -0.05) is 23.2 Å². The first-order chi connectivity index (χ1) is 14.6. The van der Waals surface area contributed by atoms with Crippen molar-refractivity contribution in [3.05, 3.63) is 45.2 Å². The van der Waals surface area contributed by atoms with Crippen LogP contribution in [-0.4, -0.2) is 77.6 Å². The van der Waals surface area contributed by atoms with E-state index in [-0.39, 0.29) is 29.9 Å². The van der Waals surface area contributed by atoms with Crippen LogP contribution in [-0.2, 0) is 21.1 Å². The highest BCUT2D eigenvalue weighted by Crippen LogP contribution is 2.27. The Hall–Kier alpha value is -1.61. The van der Waals surface area contributed by atoms with Gasteiger partial charge in [0.15, 0.2) is 9.84 Å². The van der Waals surface area contributed by atoms with E-state index in [2.05, 4.69) is 10.00 Å². The van der Waals surface area contributed by atoms with Gasteiger partial charge in [-0.2, -0.15) is 5.10 Å². The van der Waals surface area contributed by atoms with E-state index in [1.807, 2.05) is 24.8 Å². The van der Waals surface area contributed by atoms with E-state index in [4.69, 9.17) is 23.2 Å². The monoisotopic (exact) mass is 484 g/mol. The fraction of sp³-hybridized carbons (Fsp3) is 0.524. The number of carbonyl (C=O) groups is 1. The lowest BCUT2D eigenvalue weighted by molar-refractivity contribution is -0.132. The van der Waals surface area contributed by atoms with Crippen molar-refractivity contribution in [2.75, 3.05) is 37.7 Å². The molecule has 1 unspecified atom stereocenters. The summed E-state index contributed by atoms with van der Waals surface area (Å²) in [5.41, 5.74) is 3.43. The number of hydrogen-bond acceptors (Lipinski definition) is 5. The molecule has 2 saturated heterocycles. The molecule has 3 heterocycles. The molecule has 2 aromatic rings. The van der Waals surface area contributed by atoms with E-state index in [1.54, 1.807) is 16.8 Å². The molecule has 168 valence electrons. The molecule has 0 aliphatic carbocycles. The fourth-order valence-corrected chi connectivity index (χ4v) is 6.52. The number of rotatable bonds is 4. The molecule has 1 amide bonds.